The van der Waals surface area contributed by atoms with Gasteiger partial charge in [-0.1, -0.05) is 23.7 Å². The number of benzene rings is 2. The van der Waals surface area contributed by atoms with Crippen molar-refractivity contribution in [2.45, 2.75) is 6.42 Å². The Morgan fingerprint density at radius 1 is 1.25 bits per heavy atom. The molecule has 0 unspecified atom stereocenters. The number of amides is 1. The number of hydrogen-bond acceptors (Lipinski definition) is 2. The van der Waals surface area contributed by atoms with Crippen molar-refractivity contribution in [1.82, 2.24) is 15.3 Å². The number of carbonyl (C=O) groups excluding carboxylic acids is 1. The predicted octanol–water partition coefficient (Wildman–Crippen LogP) is 3.73. The van der Waals surface area contributed by atoms with Crippen LogP contribution in [0.3, 0.4) is 0 Å². The van der Waals surface area contributed by atoms with Crippen LogP contribution in [0.4, 0.5) is 4.39 Å². The lowest BCUT2D eigenvalue weighted by molar-refractivity contribution is -0.116. The first kappa shape index (κ1) is 16.2. The summed E-state index contributed by atoms with van der Waals surface area (Å²) in [6, 6.07) is 11.6. The summed E-state index contributed by atoms with van der Waals surface area (Å²) in [5.41, 5.74) is 2.26. The Morgan fingerprint density at radius 2 is 2.04 bits per heavy atom. The molecule has 0 saturated heterocycles. The van der Waals surface area contributed by atoms with Crippen molar-refractivity contribution in [2.24, 2.45) is 0 Å². The molecule has 0 aliphatic carbocycles. The Labute approximate surface area is 143 Å². The molecule has 3 aromatic rings. The summed E-state index contributed by atoms with van der Waals surface area (Å²) in [4.78, 5) is 19.2. The summed E-state index contributed by atoms with van der Waals surface area (Å²) in [6.45, 7) is 0.437. The Hall–Kier alpha value is -2.66. The smallest absolute Gasteiger partial charge is 0.244 e. The van der Waals surface area contributed by atoms with Crippen LogP contribution in [0.2, 0.25) is 5.02 Å². The lowest BCUT2D eigenvalue weighted by Gasteiger charge is -2.00. The van der Waals surface area contributed by atoms with Crippen LogP contribution in [0.25, 0.3) is 17.1 Å². The highest BCUT2D eigenvalue weighted by Gasteiger charge is 2.04. The number of halogens is 2. The first-order valence-electron chi connectivity index (χ1n) is 7.46. The van der Waals surface area contributed by atoms with Crippen LogP contribution in [0.5, 0.6) is 0 Å². The van der Waals surface area contributed by atoms with Crippen LogP contribution in [0, 0.1) is 5.82 Å². The second kappa shape index (κ2) is 7.27. The number of rotatable bonds is 5. The van der Waals surface area contributed by atoms with Crippen molar-refractivity contribution in [3.63, 3.8) is 0 Å². The molecule has 24 heavy (non-hydrogen) atoms. The van der Waals surface area contributed by atoms with Crippen molar-refractivity contribution in [3.05, 3.63) is 70.8 Å². The molecule has 0 aliphatic heterocycles. The van der Waals surface area contributed by atoms with Gasteiger partial charge in [0.1, 0.15) is 11.6 Å². The number of carbonyl (C=O) groups is 1. The van der Waals surface area contributed by atoms with Gasteiger partial charge in [-0.15, -0.1) is 0 Å². The Kier molecular flexibility index (Phi) is 4.91. The maximum absolute atomic E-state index is 13.1. The van der Waals surface area contributed by atoms with E-state index in [2.05, 4.69) is 15.3 Å². The van der Waals surface area contributed by atoms with Gasteiger partial charge in [-0.3, -0.25) is 4.79 Å². The summed E-state index contributed by atoms with van der Waals surface area (Å²) in [6.07, 6.45) is 3.73. The van der Waals surface area contributed by atoms with E-state index in [9.17, 15) is 9.18 Å². The lowest BCUT2D eigenvalue weighted by Crippen LogP contribution is -2.23. The van der Waals surface area contributed by atoms with Crippen LogP contribution in [-0.4, -0.2) is 22.4 Å². The number of fused-ring (bicyclic) bond motifs is 1. The van der Waals surface area contributed by atoms with Crippen LogP contribution < -0.4 is 5.32 Å². The molecule has 2 N–H and O–H groups in total. The van der Waals surface area contributed by atoms with Gasteiger partial charge in [0, 0.05) is 24.1 Å². The minimum Gasteiger partial charge on any atom is -0.352 e. The van der Waals surface area contributed by atoms with E-state index in [1.165, 1.54) is 18.2 Å². The molecule has 0 fully saturated rings. The van der Waals surface area contributed by atoms with Crippen molar-refractivity contribution in [3.8, 4) is 0 Å². The largest absolute Gasteiger partial charge is 0.352 e. The first-order valence-corrected chi connectivity index (χ1v) is 7.83. The van der Waals surface area contributed by atoms with Crippen molar-refractivity contribution < 1.29 is 9.18 Å². The average molecular weight is 344 g/mol. The summed E-state index contributed by atoms with van der Waals surface area (Å²) < 4.78 is 13.1. The van der Waals surface area contributed by atoms with Gasteiger partial charge in [-0.2, -0.15) is 0 Å². The van der Waals surface area contributed by atoms with Gasteiger partial charge in [0.2, 0.25) is 5.91 Å². The highest BCUT2D eigenvalue weighted by atomic mass is 35.5. The molecule has 3 rings (SSSR count). The van der Waals surface area contributed by atoms with Gasteiger partial charge in [0.15, 0.2) is 0 Å². The highest BCUT2D eigenvalue weighted by molar-refractivity contribution is 6.30. The number of nitrogens with zero attached hydrogens (tertiary/aromatic N) is 1. The molecule has 0 spiro atoms. The molecular weight excluding hydrogens is 329 g/mol. The molecule has 122 valence electrons. The molecule has 1 amide bonds. The molecule has 0 bridgehead atoms. The zero-order valence-electron chi connectivity index (χ0n) is 12.7. The molecule has 1 heterocycles. The molecule has 0 atom stereocenters. The van der Waals surface area contributed by atoms with Gasteiger partial charge < -0.3 is 10.3 Å². The van der Waals surface area contributed by atoms with Gasteiger partial charge >= 0.3 is 0 Å². The van der Waals surface area contributed by atoms with E-state index in [-0.39, 0.29) is 11.7 Å². The first-order chi connectivity index (χ1) is 11.6. The van der Waals surface area contributed by atoms with E-state index in [1.54, 1.807) is 24.3 Å². The molecule has 0 radical (unpaired) electrons. The zero-order valence-corrected chi connectivity index (χ0v) is 13.5. The molecule has 0 aliphatic rings. The normalized spacial score (nSPS) is 11.2. The summed E-state index contributed by atoms with van der Waals surface area (Å²) in [5.74, 6) is 0.211. The highest BCUT2D eigenvalue weighted by Crippen LogP contribution is 2.13. The van der Waals surface area contributed by atoms with Crippen LogP contribution in [-0.2, 0) is 11.2 Å². The van der Waals surface area contributed by atoms with Gasteiger partial charge in [0.05, 0.1) is 11.0 Å². The second-order valence-electron chi connectivity index (χ2n) is 5.27. The number of nitrogens with one attached hydrogen (secondary N) is 2. The topological polar surface area (TPSA) is 57.8 Å². The lowest BCUT2D eigenvalue weighted by atomic mass is 10.2. The number of aromatic nitrogens is 2. The number of imidazole rings is 1. The van der Waals surface area contributed by atoms with Crippen LogP contribution in [0.15, 0.2) is 48.5 Å². The van der Waals surface area contributed by atoms with Gasteiger partial charge in [-0.05, 0) is 42.0 Å². The third-order valence-electron chi connectivity index (χ3n) is 3.45. The third kappa shape index (κ3) is 4.20. The van der Waals surface area contributed by atoms with Crippen molar-refractivity contribution >= 4 is 34.6 Å². The van der Waals surface area contributed by atoms with E-state index in [1.807, 2.05) is 12.1 Å². The van der Waals surface area contributed by atoms with Crippen molar-refractivity contribution in [2.75, 3.05) is 6.54 Å². The molecular formula is C18H15ClFN3O. The fourth-order valence-corrected chi connectivity index (χ4v) is 2.39. The van der Waals surface area contributed by atoms with Crippen LogP contribution >= 0.6 is 11.6 Å². The van der Waals surface area contributed by atoms with Gasteiger partial charge in [-0.25, -0.2) is 9.37 Å². The average Bonchev–Trinajstić information content (AvgIpc) is 2.96. The van der Waals surface area contributed by atoms with E-state index in [4.69, 9.17) is 11.6 Å². The summed E-state index contributed by atoms with van der Waals surface area (Å²) in [5, 5.41) is 3.44. The summed E-state index contributed by atoms with van der Waals surface area (Å²) >= 11 is 5.81. The number of aromatic amines is 1. The zero-order chi connectivity index (χ0) is 16.9. The minimum atomic E-state index is -0.307. The van der Waals surface area contributed by atoms with E-state index in [0.29, 0.717) is 34.8 Å². The Balaban J connectivity index is 1.51. The fourth-order valence-electron chi connectivity index (χ4n) is 2.26. The van der Waals surface area contributed by atoms with E-state index in [0.717, 1.165) is 5.56 Å². The molecule has 0 saturated carbocycles. The Morgan fingerprint density at radius 3 is 2.83 bits per heavy atom. The number of H-pyrrole nitrogens is 1. The maximum Gasteiger partial charge on any atom is 0.244 e. The fraction of sp³-hybridized carbons (Fsp3) is 0.111. The molecule has 2 aromatic carbocycles. The summed E-state index contributed by atoms with van der Waals surface area (Å²) in [7, 11) is 0. The van der Waals surface area contributed by atoms with Crippen molar-refractivity contribution in [1.29, 1.82) is 0 Å². The molecule has 6 heteroatoms. The predicted molar refractivity (Wildman–Crippen MR) is 93.3 cm³/mol. The quantitative estimate of drug-likeness (QED) is 0.693. The molecule has 4 nitrogen and oxygen atoms in total. The monoisotopic (exact) mass is 343 g/mol. The molecule has 1 aromatic heterocycles. The minimum absolute atomic E-state index is 0.188. The van der Waals surface area contributed by atoms with E-state index < -0.39 is 0 Å². The van der Waals surface area contributed by atoms with Crippen LogP contribution in [0.1, 0.15) is 11.4 Å². The third-order valence-corrected chi connectivity index (χ3v) is 3.70. The SMILES string of the molecule is O=C(/C=C/c1ccc(Cl)cc1)NCCc1nc2ccc(F)cc2[nH]1. The van der Waals surface area contributed by atoms with E-state index >= 15 is 0 Å². The second-order valence-corrected chi connectivity index (χ2v) is 5.71. The maximum atomic E-state index is 13.1. The standard InChI is InChI=1S/C18H15ClFN3O/c19-13-4-1-12(2-5-13)3-8-18(24)21-10-9-17-22-15-7-6-14(20)11-16(15)23-17/h1-8,11H,9-10H2,(H,21,24)(H,22,23)/b8-3+. The van der Waals surface area contributed by atoms with Gasteiger partial charge in [0.25, 0.3) is 0 Å². The number of hydrogen-bond donors (Lipinski definition) is 2. The Bertz CT molecular complexity index is 887.